The number of hydrogen-bond acceptors (Lipinski definition) is 4. The molecule has 0 saturated heterocycles. The quantitative estimate of drug-likeness (QED) is 0.748. The summed E-state index contributed by atoms with van der Waals surface area (Å²) in [5.41, 5.74) is 1.04. The van der Waals surface area contributed by atoms with Gasteiger partial charge >= 0.3 is 0 Å². The third-order valence-corrected chi connectivity index (χ3v) is 2.81. The van der Waals surface area contributed by atoms with Crippen molar-refractivity contribution < 1.29 is 5.11 Å². The summed E-state index contributed by atoms with van der Waals surface area (Å²) in [6, 6.07) is 12.4. The minimum Gasteiger partial charge on any atom is -0.390 e. The van der Waals surface area contributed by atoms with Crippen molar-refractivity contribution in [2.24, 2.45) is 0 Å². The fourth-order valence-corrected chi connectivity index (χ4v) is 1.84. The fourth-order valence-electron chi connectivity index (χ4n) is 1.84. The molecule has 0 fully saturated rings. The molecule has 2 N–H and O–H groups in total. The lowest BCUT2D eigenvalue weighted by Gasteiger charge is -2.27. The lowest BCUT2D eigenvalue weighted by Crippen LogP contribution is -2.40. The van der Waals surface area contributed by atoms with Crippen molar-refractivity contribution in [3.63, 3.8) is 0 Å². The highest BCUT2D eigenvalue weighted by atomic mass is 16.3. The lowest BCUT2D eigenvalue weighted by molar-refractivity contribution is 0.173. The van der Waals surface area contributed by atoms with E-state index in [1.807, 2.05) is 30.3 Å². The lowest BCUT2D eigenvalue weighted by atomic mass is 10.2. The molecule has 0 spiro atoms. The van der Waals surface area contributed by atoms with Gasteiger partial charge in [-0.05, 0) is 12.1 Å². The van der Waals surface area contributed by atoms with E-state index in [9.17, 15) is 5.11 Å². The van der Waals surface area contributed by atoms with Crippen LogP contribution >= 0.6 is 0 Å². The van der Waals surface area contributed by atoms with Gasteiger partial charge in [0.25, 0.3) is 0 Å². The van der Waals surface area contributed by atoms with Crippen LogP contribution in [0.15, 0.2) is 30.3 Å². The Morgan fingerprint density at radius 3 is 2.58 bits per heavy atom. The maximum Gasteiger partial charge on any atom is 0.0839 e. The van der Waals surface area contributed by atoms with Gasteiger partial charge in [-0.3, -0.25) is 0 Å². The second-order valence-corrected chi connectivity index (χ2v) is 4.91. The molecule has 1 atom stereocenters. The summed E-state index contributed by atoms with van der Waals surface area (Å²) in [7, 11) is 0. The maximum absolute atomic E-state index is 10.0. The van der Waals surface area contributed by atoms with Gasteiger partial charge in [0.1, 0.15) is 0 Å². The van der Waals surface area contributed by atoms with E-state index >= 15 is 0 Å². The van der Waals surface area contributed by atoms with E-state index in [-0.39, 0.29) is 0 Å². The summed E-state index contributed by atoms with van der Waals surface area (Å²) in [5.74, 6) is 0. The number of rotatable bonds is 8. The first kappa shape index (κ1) is 15.5. The smallest absolute Gasteiger partial charge is 0.0839 e. The van der Waals surface area contributed by atoms with Gasteiger partial charge in [0.05, 0.1) is 18.6 Å². The number of para-hydroxylation sites is 1. The monoisotopic (exact) mass is 261 g/mol. The van der Waals surface area contributed by atoms with Crippen molar-refractivity contribution in [1.29, 1.82) is 5.26 Å². The zero-order chi connectivity index (χ0) is 14.1. The highest BCUT2D eigenvalue weighted by molar-refractivity contribution is 5.46. The fraction of sp³-hybridized carbons (Fsp3) is 0.533. The molecule has 0 aliphatic carbocycles. The van der Waals surface area contributed by atoms with E-state index < -0.39 is 6.10 Å². The highest BCUT2D eigenvalue weighted by Gasteiger charge is 2.12. The van der Waals surface area contributed by atoms with E-state index in [0.717, 1.165) is 5.69 Å². The van der Waals surface area contributed by atoms with E-state index in [0.29, 0.717) is 32.1 Å². The summed E-state index contributed by atoms with van der Waals surface area (Å²) >= 11 is 0. The van der Waals surface area contributed by atoms with Crippen molar-refractivity contribution in [1.82, 2.24) is 5.32 Å². The molecule has 4 heteroatoms. The minimum absolute atomic E-state index is 0.360. The summed E-state index contributed by atoms with van der Waals surface area (Å²) in [4.78, 5) is 2.05. The molecule has 0 saturated carbocycles. The Bertz CT molecular complexity index is 386. The second kappa shape index (κ2) is 8.52. The van der Waals surface area contributed by atoms with Crippen LogP contribution in [0.1, 0.15) is 20.3 Å². The molecule has 104 valence electrons. The van der Waals surface area contributed by atoms with E-state index in [1.165, 1.54) is 0 Å². The molecule has 0 aliphatic rings. The second-order valence-electron chi connectivity index (χ2n) is 4.91. The van der Waals surface area contributed by atoms with Crippen LogP contribution in [0.5, 0.6) is 0 Å². The van der Waals surface area contributed by atoms with Crippen LogP contribution in [0.4, 0.5) is 5.69 Å². The number of hydrogen-bond donors (Lipinski definition) is 2. The number of nitrogens with one attached hydrogen (secondary N) is 1. The first-order valence-corrected chi connectivity index (χ1v) is 6.72. The van der Waals surface area contributed by atoms with Gasteiger partial charge < -0.3 is 15.3 Å². The molecule has 0 amide bonds. The maximum atomic E-state index is 10.0. The van der Waals surface area contributed by atoms with Crippen LogP contribution in [-0.4, -0.2) is 36.9 Å². The molecule has 0 aliphatic heterocycles. The van der Waals surface area contributed by atoms with Gasteiger partial charge in [-0.1, -0.05) is 32.0 Å². The Hall–Kier alpha value is -1.57. The van der Waals surface area contributed by atoms with Crippen molar-refractivity contribution in [3.8, 4) is 6.07 Å². The SMILES string of the molecule is CC(C)NCC(O)CN(CCC#N)c1ccccc1. The molecule has 1 unspecified atom stereocenters. The molecule has 0 heterocycles. The van der Waals surface area contributed by atoms with E-state index in [4.69, 9.17) is 5.26 Å². The van der Waals surface area contributed by atoms with Crippen molar-refractivity contribution in [2.75, 3.05) is 24.5 Å². The third kappa shape index (κ3) is 6.23. The number of aliphatic hydroxyl groups excluding tert-OH is 1. The predicted octanol–water partition coefficient (Wildman–Crippen LogP) is 1.77. The molecular formula is C15H23N3O. The van der Waals surface area contributed by atoms with Crippen molar-refractivity contribution in [3.05, 3.63) is 30.3 Å². The van der Waals surface area contributed by atoms with Crippen LogP contribution in [0, 0.1) is 11.3 Å². The summed E-state index contributed by atoms with van der Waals surface area (Å²) in [6.07, 6.45) is 0.0143. The first-order valence-electron chi connectivity index (χ1n) is 6.72. The third-order valence-electron chi connectivity index (χ3n) is 2.81. The van der Waals surface area contributed by atoms with Crippen molar-refractivity contribution in [2.45, 2.75) is 32.4 Å². The molecule has 0 radical (unpaired) electrons. The Kier molecular flexibility index (Phi) is 6.94. The number of nitrogens with zero attached hydrogens (tertiary/aromatic N) is 2. The molecule has 1 aromatic rings. The van der Waals surface area contributed by atoms with Crippen LogP contribution in [0.25, 0.3) is 0 Å². The van der Waals surface area contributed by atoms with Gasteiger partial charge in [-0.2, -0.15) is 5.26 Å². The van der Waals surface area contributed by atoms with Gasteiger partial charge in [0.15, 0.2) is 0 Å². The van der Waals surface area contributed by atoms with E-state index in [1.54, 1.807) is 0 Å². The van der Waals surface area contributed by atoms with Crippen LogP contribution in [0.3, 0.4) is 0 Å². The number of nitriles is 1. The summed E-state index contributed by atoms with van der Waals surface area (Å²) in [6.45, 7) is 5.84. The van der Waals surface area contributed by atoms with Crippen LogP contribution in [-0.2, 0) is 0 Å². The number of aliphatic hydroxyl groups is 1. The van der Waals surface area contributed by atoms with Gasteiger partial charge in [0.2, 0.25) is 0 Å². The minimum atomic E-state index is -0.443. The van der Waals surface area contributed by atoms with Crippen molar-refractivity contribution >= 4 is 5.69 Å². The Labute approximate surface area is 115 Å². The molecule has 1 rings (SSSR count). The zero-order valence-electron chi connectivity index (χ0n) is 11.7. The summed E-state index contributed by atoms with van der Waals surface area (Å²) in [5, 5.41) is 22.0. The number of anilines is 1. The van der Waals surface area contributed by atoms with Crippen LogP contribution < -0.4 is 10.2 Å². The predicted molar refractivity (Wildman–Crippen MR) is 78.0 cm³/mol. The largest absolute Gasteiger partial charge is 0.390 e. The Balaban J connectivity index is 2.57. The molecule has 4 nitrogen and oxygen atoms in total. The van der Waals surface area contributed by atoms with Gasteiger partial charge in [-0.25, -0.2) is 0 Å². The average molecular weight is 261 g/mol. The average Bonchev–Trinajstić information content (AvgIpc) is 2.42. The standard InChI is InChI=1S/C15H23N3O/c1-13(2)17-11-15(19)12-18(10-6-9-16)14-7-4-3-5-8-14/h3-5,7-8,13,15,17,19H,6,10-12H2,1-2H3. The van der Waals surface area contributed by atoms with Crippen LogP contribution in [0.2, 0.25) is 0 Å². The molecule has 1 aromatic carbocycles. The normalized spacial score (nSPS) is 12.2. The topological polar surface area (TPSA) is 59.3 Å². The molecular weight excluding hydrogens is 238 g/mol. The van der Waals surface area contributed by atoms with E-state index in [2.05, 4.69) is 30.1 Å². The molecule has 0 aromatic heterocycles. The summed E-state index contributed by atoms with van der Waals surface area (Å²) < 4.78 is 0. The highest BCUT2D eigenvalue weighted by Crippen LogP contribution is 2.13. The Morgan fingerprint density at radius 2 is 2.00 bits per heavy atom. The zero-order valence-corrected chi connectivity index (χ0v) is 11.7. The van der Waals surface area contributed by atoms with Gasteiger partial charge in [0, 0.05) is 31.4 Å². The number of benzene rings is 1. The first-order chi connectivity index (χ1) is 9.13. The Morgan fingerprint density at radius 1 is 1.32 bits per heavy atom. The molecule has 0 bridgehead atoms. The van der Waals surface area contributed by atoms with Gasteiger partial charge in [-0.15, -0.1) is 0 Å². The molecule has 19 heavy (non-hydrogen) atoms.